The molecule has 3 N–H and O–H groups in total. The molecule has 1 aliphatic rings. The fraction of sp³-hybridized carbons (Fsp3) is 0.158. The topological polar surface area (TPSA) is 108 Å². The molecule has 1 aliphatic carbocycles. The molecule has 0 atom stereocenters. The van der Waals surface area contributed by atoms with Gasteiger partial charge in [-0.25, -0.2) is 14.3 Å². The van der Waals surface area contributed by atoms with Gasteiger partial charge in [-0.3, -0.25) is 5.10 Å². The number of carbonyl (C=O) groups is 1. The Morgan fingerprint density at radius 1 is 1.25 bits per heavy atom. The minimum absolute atomic E-state index is 0.231. The number of anilines is 2. The number of aromatic nitrogens is 5. The summed E-state index contributed by atoms with van der Waals surface area (Å²) in [6, 6.07) is 12.6. The largest absolute Gasteiger partial charge is 0.478 e. The Balaban J connectivity index is 1.46. The Bertz CT molecular complexity index is 1180. The highest BCUT2D eigenvalue weighted by Gasteiger charge is 2.25. The van der Waals surface area contributed by atoms with Gasteiger partial charge in [0.25, 0.3) is 0 Å². The van der Waals surface area contributed by atoms with Crippen LogP contribution in [0.4, 0.5) is 11.6 Å². The molecule has 3 heterocycles. The summed E-state index contributed by atoms with van der Waals surface area (Å²) in [5.74, 6) is 0.990. The molecule has 0 saturated heterocycles. The van der Waals surface area contributed by atoms with Crippen molar-refractivity contribution < 1.29 is 9.90 Å². The summed E-state index contributed by atoms with van der Waals surface area (Å²) in [4.78, 5) is 16.6. The van der Waals surface area contributed by atoms with Crippen LogP contribution in [-0.4, -0.2) is 35.9 Å². The van der Waals surface area contributed by atoms with Gasteiger partial charge in [0.2, 0.25) is 5.16 Å². The van der Waals surface area contributed by atoms with Gasteiger partial charge in [-0.05, 0) is 54.9 Å². The van der Waals surface area contributed by atoms with Crippen molar-refractivity contribution in [1.29, 1.82) is 0 Å². The lowest BCUT2D eigenvalue weighted by molar-refractivity contribution is 0.0696. The van der Waals surface area contributed by atoms with Crippen LogP contribution in [0.15, 0.2) is 58.7 Å². The van der Waals surface area contributed by atoms with E-state index in [-0.39, 0.29) is 5.56 Å². The first-order chi connectivity index (χ1) is 13.7. The summed E-state index contributed by atoms with van der Waals surface area (Å²) in [5.41, 5.74) is 2.21. The van der Waals surface area contributed by atoms with Crippen LogP contribution >= 0.6 is 11.8 Å². The van der Waals surface area contributed by atoms with E-state index in [0.29, 0.717) is 22.7 Å². The SMILES string of the molecule is O=C(O)c1cccc(Sc2nc(Nc3cc(C4CC4)[nH]n3)c3cccn3n2)c1. The van der Waals surface area contributed by atoms with Gasteiger partial charge in [-0.2, -0.15) is 5.10 Å². The predicted octanol–water partition coefficient (Wildman–Crippen LogP) is 3.92. The van der Waals surface area contributed by atoms with Crippen LogP contribution in [0, 0.1) is 0 Å². The highest BCUT2D eigenvalue weighted by atomic mass is 32.2. The smallest absolute Gasteiger partial charge is 0.335 e. The second-order valence-electron chi connectivity index (χ2n) is 6.62. The number of carboxylic acids is 1. The van der Waals surface area contributed by atoms with Gasteiger partial charge in [-0.1, -0.05) is 6.07 Å². The molecule has 8 nitrogen and oxygen atoms in total. The van der Waals surface area contributed by atoms with Crippen LogP contribution in [0.25, 0.3) is 5.52 Å². The van der Waals surface area contributed by atoms with Crippen molar-refractivity contribution >= 4 is 34.9 Å². The summed E-state index contributed by atoms with van der Waals surface area (Å²) in [6.07, 6.45) is 4.25. The van der Waals surface area contributed by atoms with E-state index in [9.17, 15) is 9.90 Å². The van der Waals surface area contributed by atoms with E-state index in [1.54, 1.807) is 22.7 Å². The lowest BCUT2D eigenvalue weighted by atomic mass is 10.2. The summed E-state index contributed by atoms with van der Waals surface area (Å²) in [5, 5.41) is 24.9. The number of carboxylic acid groups (broad SMARTS) is 1. The van der Waals surface area contributed by atoms with Crippen molar-refractivity contribution in [3.63, 3.8) is 0 Å². The average Bonchev–Trinajstić information content (AvgIpc) is 3.23. The normalized spacial score (nSPS) is 13.7. The maximum atomic E-state index is 11.2. The zero-order valence-electron chi connectivity index (χ0n) is 14.7. The zero-order valence-corrected chi connectivity index (χ0v) is 15.5. The molecule has 1 aromatic carbocycles. The van der Waals surface area contributed by atoms with E-state index < -0.39 is 5.97 Å². The average molecular weight is 392 g/mol. The Morgan fingerprint density at radius 2 is 2.14 bits per heavy atom. The maximum absolute atomic E-state index is 11.2. The van der Waals surface area contributed by atoms with E-state index >= 15 is 0 Å². The van der Waals surface area contributed by atoms with E-state index in [0.717, 1.165) is 16.1 Å². The lowest BCUT2D eigenvalue weighted by Gasteiger charge is -2.08. The highest BCUT2D eigenvalue weighted by molar-refractivity contribution is 7.99. The number of hydrogen-bond acceptors (Lipinski definition) is 6. The van der Waals surface area contributed by atoms with E-state index in [4.69, 9.17) is 0 Å². The molecular formula is C19H16N6O2S. The number of benzene rings is 1. The maximum Gasteiger partial charge on any atom is 0.335 e. The molecule has 0 aliphatic heterocycles. The number of aromatic amines is 1. The third-order valence-corrected chi connectivity index (χ3v) is 5.37. The molecule has 5 rings (SSSR count). The van der Waals surface area contributed by atoms with Crippen LogP contribution in [0.1, 0.15) is 34.8 Å². The van der Waals surface area contributed by atoms with Crippen molar-refractivity contribution in [2.24, 2.45) is 0 Å². The van der Waals surface area contributed by atoms with Crippen LogP contribution in [0.3, 0.4) is 0 Å². The number of hydrogen-bond donors (Lipinski definition) is 3. The van der Waals surface area contributed by atoms with Crippen LogP contribution in [0.2, 0.25) is 0 Å². The summed E-state index contributed by atoms with van der Waals surface area (Å²) in [7, 11) is 0. The first-order valence-electron chi connectivity index (χ1n) is 8.85. The molecule has 1 fully saturated rings. The number of aromatic carboxylic acids is 1. The van der Waals surface area contributed by atoms with Gasteiger partial charge in [0, 0.05) is 28.8 Å². The molecule has 3 aromatic heterocycles. The molecule has 4 aromatic rings. The van der Waals surface area contributed by atoms with Crippen molar-refractivity contribution in [3.8, 4) is 0 Å². The Morgan fingerprint density at radius 3 is 2.96 bits per heavy atom. The Labute approximate surface area is 164 Å². The molecule has 140 valence electrons. The van der Waals surface area contributed by atoms with Gasteiger partial charge >= 0.3 is 5.97 Å². The van der Waals surface area contributed by atoms with Crippen molar-refractivity contribution in [2.45, 2.75) is 28.8 Å². The second-order valence-corrected chi connectivity index (χ2v) is 7.66. The first-order valence-corrected chi connectivity index (χ1v) is 9.66. The fourth-order valence-corrected chi connectivity index (χ4v) is 3.78. The molecular weight excluding hydrogens is 376 g/mol. The van der Waals surface area contributed by atoms with E-state index in [1.807, 2.05) is 30.5 Å². The molecule has 0 unspecified atom stereocenters. The number of nitrogens with zero attached hydrogens (tertiary/aromatic N) is 4. The zero-order chi connectivity index (χ0) is 19.1. The van der Waals surface area contributed by atoms with Crippen molar-refractivity contribution in [1.82, 2.24) is 24.8 Å². The first kappa shape index (κ1) is 16.8. The standard InChI is InChI=1S/C19H16N6O2S/c26-18(27)12-3-1-4-13(9-12)28-19-21-17(15-5-2-8-25(15)24-19)20-16-10-14(22-23-16)11-6-7-11/h1-5,8-11H,6-7H2,(H,26,27)(H2,20,21,22,23,24). The summed E-state index contributed by atoms with van der Waals surface area (Å²) in [6.45, 7) is 0. The molecule has 0 amide bonds. The van der Waals surface area contributed by atoms with Gasteiger partial charge in [0.05, 0.1) is 5.56 Å². The molecule has 28 heavy (non-hydrogen) atoms. The van der Waals surface area contributed by atoms with Gasteiger partial charge in [0.1, 0.15) is 5.52 Å². The monoisotopic (exact) mass is 392 g/mol. The van der Waals surface area contributed by atoms with Crippen molar-refractivity contribution in [2.75, 3.05) is 5.32 Å². The molecule has 0 bridgehead atoms. The third kappa shape index (κ3) is 3.31. The van der Waals surface area contributed by atoms with E-state index in [1.165, 1.54) is 24.6 Å². The number of H-pyrrole nitrogens is 1. The summed E-state index contributed by atoms with van der Waals surface area (Å²) >= 11 is 1.31. The Hall–Kier alpha value is -3.33. The molecule has 0 spiro atoms. The van der Waals surface area contributed by atoms with Gasteiger partial charge in [-0.15, -0.1) is 5.10 Å². The molecule has 0 radical (unpaired) electrons. The van der Waals surface area contributed by atoms with Crippen LogP contribution < -0.4 is 5.32 Å². The fourth-order valence-electron chi connectivity index (χ4n) is 2.97. The lowest BCUT2D eigenvalue weighted by Crippen LogP contribution is -2.03. The second kappa shape index (κ2) is 6.68. The van der Waals surface area contributed by atoms with Gasteiger partial charge in [0.15, 0.2) is 11.6 Å². The highest BCUT2D eigenvalue weighted by Crippen LogP contribution is 2.39. The third-order valence-electron chi connectivity index (χ3n) is 4.52. The van der Waals surface area contributed by atoms with Crippen LogP contribution in [-0.2, 0) is 0 Å². The minimum Gasteiger partial charge on any atom is -0.478 e. The van der Waals surface area contributed by atoms with Crippen molar-refractivity contribution in [3.05, 3.63) is 59.9 Å². The number of fused-ring (bicyclic) bond motifs is 1. The van der Waals surface area contributed by atoms with Crippen LogP contribution in [0.5, 0.6) is 0 Å². The Kier molecular flexibility index (Phi) is 4.01. The van der Waals surface area contributed by atoms with E-state index in [2.05, 4.69) is 25.6 Å². The molecule has 1 saturated carbocycles. The number of nitrogens with one attached hydrogen (secondary N) is 2. The quantitative estimate of drug-likeness (QED) is 0.456. The minimum atomic E-state index is -0.961. The van der Waals surface area contributed by atoms with Gasteiger partial charge < -0.3 is 10.4 Å². The summed E-state index contributed by atoms with van der Waals surface area (Å²) < 4.78 is 1.74. The number of rotatable bonds is 6. The molecule has 9 heteroatoms. The predicted molar refractivity (Wildman–Crippen MR) is 104 cm³/mol.